The van der Waals surface area contributed by atoms with Crippen molar-refractivity contribution in [1.82, 2.24) is 9.80 Å². The Morgan fingerprint density at radius 1 is 1.38 bits per heavy atom. The van der Waals surface area contributed by atoms with Gasteiger partial charge in [0.15, 0.2) is 17.3 Å². The molecule has 1 aromatic carbocycles. The van der Waals surface area contributed by atoms with Gasteiger partial charge in [-0.2, -0.15) is 0 Å². The molecule has 6 heteroatoms. The molecule has 0 aliphatic carbocycles. The van der Waals surface area contributed by atoms with Crippen LogP contribution in [-0.4, -0.2) is 61.8 Å². The van der Waals surface area contributed by atoms with E-state index in [1.54, 1.807) is 11.9 Å². The lowest BCUT2D eigenvalue weighted by molar-refractivity contribution is -0.132. The van der Waals surface area contributed by atoms with Gasteiger partial charge < -0.3 is 14.5 Å². The molecular weight excluding hydrogens is 311 g/mol. The Labute approximate surface area is 142 Å². The first-order valence-electron chi connectivity index (χ1n) is 8.23. The highest BCUT2D eigenvalue weighted by Crippen LogP contribution is 2.19. The molecule has 0 N–H and O–H groups in total. The fourth-order valence-corrected chi connectivity index (χ4v) is 3.04. The Kier molecular flexibility index (Phi) is 6.31. The number of ketones is 1. The van der Waals surface area contributed by atoms with E-state index in [4.69, 9.17) is 4.74 Å². The number of ether oxygens (including phenoxy) is 1. The van der Waals surface area contributed by atoms with Crippen molar-refractivity contribution in [3.63, 3.8) is 0 Å². The molecule has 1 fully saturated rings. The Morgan fingerprint density at radius 3 is 2.75 bits per heavy atom. The summed E-state index contributed by atoms with van der Waals surface area (Å²) in [5, 5.41) is 0. The number of hydrogen-bond acceptors (Lipinski definition) is 4. The predicted octanol–water partition coefficient (Wildman–Crippen LogP) is 2.35. The van der Waals surface area contributed by atoms with E-state index in [-0.39, 0.29) is 41.9 Å². The molecule has 5 nitrogen and oxygen atoms in total. The van der Waals surface area contributed by atoms with Gasteiger partial charge in [-0.3, -0.25) is 9.59 Å². The minimum atomic E-state index is -0.572. The molecular formula is C18H25FN2O3. The van der Waals surface area contributed by atoms with Crippen LogP contribution < -0.4 is 4.74 Å². The summed E-state index contributed by atoms with van der Waals surface area (Å²) in [5.41, 5.74) is 0.265. The van der Waals surface area contributed by atoms with Crippen LogP contribution in [0.15, 0.2) is 18.2 Å². The molecule has 1 aliphatic rings. The molecule has 2 rings (SSSR count). The minimum absolute atomic E-state index is 0.0439. The zero-order chi connectivity index (χ0) is 17.7. The van der Waals surface area contributed by atoms with Crippen LogP contribution >= 0.6 is 0 Å². The molecule has 1 amide bonds. The van der Waals surface area contributed by atoms with Gasteiger partial charge in [-0.1, -0.05) is 0 Å². The monoisotopic (exact) mass is 336 g/mol. The first kappa shape index (κ1) is 18.4. The van der Waals surface area contributed by atoms with E-state index in [1.807, 2.05) is 7.05 Å². The van der Waals surface area contributed by atoms with Crippen LogP contribution in [0.25, 0.3) is 0 Å². The number of rotatable bonds is 6. The second-order valence-corrected chi connectivity index (χ2v) is 6.34. The molecule has 1 heterocycles. The number of amides is 1. The molecule has 0 radical (unpaired) electrons. The number of likely N-dealkylation sites (tertiary alicyclic amines) is 1. The lowest BCUT2D eigenvalue weighted by atomic mass is 10.0. The smallest absolute Gasteiger partial charge is 0.223 e. The highest BCUT2D eigenvalue weighted by atomic mass is 19.1. The zero-order valence-corrected chi connectivity index (χ0v) is 14.5. The van der Waals surface area contributed by atoms with Gasteiger partial charge in [0.05, 0.1) is 7.11 Å². The predicted molar refractivity (Wildman–Crippen MR) is 89.8 cm³/mol. The molecule has 24 heavy (non-hydrogen) atoms. The van der Waals surface area contributed by atoms with Crippen LogP contribution in [0.5, 0.6) is 5.75 Å². The highest BCUT2D eigenvalue weighted by molar-refractivity contribution is 5.98. The number of carbonyl (C=O) groups is 2. The zero-order valence-electron chi connectivity index (χ0n) is 14.5. The first-order chi connectivity index (χ1) is 11.4. The third-order valence-corrected chi connectivity index (χ3v) is 4.58. The molecule has 0 saturated carbocycles. The van der Waals surface area contributed by atoms with Crippen molar-refractivity contribution < 1.29 is 18.7 Å². The Morgan fingerprint density at radius 2 is 2.12 bits per heavy atom. The summed E-state index contributed by atoms with van der Waals surface area (Å²) in [5.74, 6) is -0.752. The van der Waals surface area contributed by atoms with Crippen molar-refractivity contribution in [2.45, 2.75) is 31.7 Å². The summed E-state index contributed by atoms with van der Waals surface area (Å²) in [6.07, 6.45) is 2.29. The van der Waals surface area contributed by atoms with Gasteiger partial charge in [0, 0.05) is 38.0 Å². The van der Waals surface area contributed by atoms with Gasteiger partial charge in [-0.25, -0.2) is 4.39 Å². The molecule has 0 unspecified atom stereocenters. The fourth-order valence-electron chi connectivity index (χ4n) is 3.04. The number of halogens is 1. The lowest BCUT2D eigenvalue weighted by Gasteiger charge is -2.35. The summed E-state index contributed by atoms with van der Waals surface area (Å²) in [4.78, 5) is 28.4. The van der Waals surface area contributed by atoms with Gasteiger partial charge in [-0.15, -0.1) is 0 Å². The van der Waals surface area contributed by atoms with Gasteiger partial charge >= 0.3 is 0 Å². The number of carbonyl (C=O) groups excluding carboxylic acids is 2. The fraction of sp³-hybridized carbons (Fsp3) is 0.556. The third kappa shape index (κ3) is 4.54. The van der Waals surface area contributed by atoms with E-state index in [0.717, 1.165) is 32.0 Å². The van der Waals surface area contributed by atoms with Gasteiger partial charge in [0.1, 0.15) is 0 Å². The van der Waals surface area contributed by atoms with Gasteiger partial charge in [0.2, 0.25) is 5.91 Å². The molecule has 1 atom stereocenters. The van der Waals surface area contributed by atoms with Crippen LogP contribution in [-0.2, 0) is 4.79 Å². The van der Waals surface area contributed by atoms with Crippen LogP contribution in [0.4, 0.5) is 4.39 Å². The summed E-state index contributed by atoms with van der Waals surface area (Å²) < 4.78 is 18.5. The van der Waals surface area contributed by atoms with E-state index in [1.165, 1.54) is 19.2 Å². The maximum Gasteiger partial charge on any atom is 0.223 e. The van der Waals surface area contributed by atoms with Crippen molar-refractivity contribution in [3.05, 3.63) is 29.6 Å². The number of likely N-dealkylation sites (N-methyl/N-ethyl adjacent to an activating group) is 2. The van der Waals surface area contributed by atoms with E-state index in [9.17, 15) is 14.0 Å². The number of nitrogens with zero attached hydrogens (tertiary/aromatic N) is 2. The normalized spacial score (nSPS) is 18.2. The summed E-state index contributed by atoms with van der Waals surface area (Å²) >= 11 is 0. The number of methoxy groups -OCH3 is 1. The first-order valence-corrected chi connectivity index (χ1v) is 8.23. The molecule has 1 aliphatic heterocycles. The highest BCUT2D eigenvalue weighted by Gasteiger charge is 2.24. The van der Waals surface area contributed by atoms with Crippen molar-refractivity contribution in [2.75, 3.05) is 34.3 Å². The number of hydrogen-bond donors (Lipinski definition) is 0. The topological polar surface area (TPSA) is 49.9 Å². The van der Waals surface area contributed by atoms with Crippen LogP contribution in [0.2, 0.25) is 0 Å². The van der Waals surface area contributed by atoms with Crippen molar-refractivity contribution in [3.8, 4) is 5.75 Å². The summed E-state index contributed by atoms with van der Waals surface area (Å²) in [6, 6.07) is 4.30. The molecule has 0 bridgehead atoms. The molecule has 1 aromatic rings. The maximum absolute atomic E-state index is 13.7. The Hall–Kier alpha value is -1.95. The average Bonchev–Trinajstić information content (AvgIpc) is 2.58. The average molecular weight is 336 g/mol. The van der Waals surface area contributed by atoms with Gasteiger partial charge in [0.25, 0.3) is 0 Å². The largest absolute Gasteiger partial charge is 0.494 e. The van der Waals surface area contributed by atoms with E-state index in [2.05, 4.69) is 4.90 Å². The second-order valence-electron chi connectivity index (χ2n) is 6.34. The second kappa shape index (κ2) is 8.24. The lowest BCUT2D eigenvalue weighted by Crippen LogP contribution is -2.47. The quantitative estimate of drug-likeness (QED) is 0.748. The van der Waals surface area contributed by atoms with Gasteiger partial charge in [-0.05, 0) is 44.6 Å². The summed E-state index contributed by atoms with van der Waals surface area (Å²) in [6.45, 7) is 1.92. The van der Waals surface area contributed by atoms with E-state index < -0.39 is 5.82 Å². The Bertz CT molecular complexity index is 606. The van der Waals surface area contributed by atoms with E-state index in [0.29, 0.717) is 0 Å². The van der Waals surface area contributed by atoms with Crippen LogP contribution in [0.3, 0.4) is 0 Å². The van der Waals surface area contributed by atoms with Crippen molar-refractivity contribution in [2.24, 2.45) is 0 Å². The third-order valence-electron chi connectivity index (χ3n) is 4.58. The minimum Gasteiger partial charge on any atom is -0.494 e. The number of benzene rings is 1. The standard InChI is InChI=1S/C18H25FN2O3/c1-20-10-4-5-14(12-20)21(2)18(23)9-7-16(22)13-6-8-17(24-3)15(19)11-13/h6,8,11,14H,4-5,7,9-10,12H2,1-3H3/t14-/m0/s1. The SMILES string of the molecule is COc1ccc(C(=O)CCC(=O)N(C)[C@H]2CCCN(C)C2)cc1F. The van der Waals surface area contributed by atoms with Crippen LogP contribution in [0, 0.1) is 5.82 Å². The molecule has 0 aromatic heterocycles. The maximum atomic E-state index is 13.7. The number of Topliss-reactive ketones (excluding diaryl/α,β-unsaturated/α-hetero) is 1. The van der Waals surface area contributed by atoms with Crippen molar-refractivity contribution in [1.29, 1.82) is 0 Å². The molecule has 0 spiro atoms. The van der Waals surface area contributed by atoms with Crippen molar-refractivity contribution >= 4 is 11.7 Å². The summed E-state index contributed by atoms with van der Waals surface area (Å²) in [7, 11) is 5.22. The Balaban J connectivity index is 1.88. The van der Waals surface area contributed by atoms with E-state index >= 15 is 0 Å². The van der Waals surface area contributed by atoms with Crippen LogP contribution in [0.1, 0.15) is 36.0 Å². The number of piperidine rings is 1. The molecule has 1 saturated heterocycles. The molecule has 132 valence electrons.